The highest BCUT2D eigenvalue weighted by Gasteiger charge is 2.19. The summed E-state index contributed by atoms with van der Waals surface area (Å²) < 4.78 is 0. The molecule has 0 saturated heterocycles. The minimum Gasteiger partial charge on any atom is -0.0625 e. The molecule has 0 aliphatic heterocycles. The van der Waals surface area contributed by atoms with Gasteiger partial charge in [-0.3, -0.25) is 0 Å². The molecule has 0 heterocycles. The van der Waals surface area contributed by atoms with Gasteiger partial charge in [-0.1, -0.05) is 69.2 Å². The standard InChI is InChI=1S/C16H26.C10H22/c1-9(2)15-13(7)11(5)12(6)14(8)16(15)10(3)4;1-7(2)9(5)10(6)8(3)4/h9-10H,1-8H3;7-10H,1-6H3. The van der Waals surface area contributed by atoms with Crippen LogP contribution in [0.15, 0.2) is 0 Å². The second kappa shape index (κ2) is 10.5. The molecule has 1 aromatic rings. The lowest BCUT2D eigenvalue weighted by Gasteiger charge is -2.26. The summed E-state index contributed by atoms with van der Waals surface area (Å²) in [5.41, 5.74) is 9.12. The largest absolute Gasteiger partial charge is 0.0625 e. The molecule has 0 heteroatoms. The van der Waals surface area contributed by atoms with Gasteiger partial charge in [-0.05, 0) is 96.6 Å². The first kappa shape index (κ1) is 25.2. The fraction of sp³-hybridized carbons (Fsp3) is 0.769. The van der Waals surface area contributed by atoms with Crippen molar-refractivity contribution in [1.29, 1.82) is 0 Å². The quantitative estimate of drug-likeness (QED) is 0.492. The van der Waals surface area contributed by atoms with Crippen molar-refractivity contribution >= 4 is 0 Å². The Balaban J connectivity index is 0.000000541. The third-order valence-electron chi connectivity index (χ3n) is 6.87. The summed E-state index contributed by atoms with van der Waals surface area (Å²) in [6.07, 6.45) is 0. The van der Waals surface area contributed by atoms with Gasteiger partial charge in [0.05, 0.1) is 0 Å². The van der Waals surface area contributed by atoms with Crippen LogP contribution in [0.3, 0.4) is 0 Å². The van der Waals surface area contributed by atoms with Gasteiger partial charge in [0.15, 0.2) is 0 Å². The first-order valence-corrected chi connectivity index (χ1v) is 10.9. The van der Waals surface area contributed by atoms with E-state index in [-0.39, 0.29) is 0 Å². The van der Waals surface area contributed by atoms with Gasteiger partial charge in [0.2, 0.25) is 0 Å². The molecule has 152 valence electrons. The van der Waals surface area contributed by atoms with Crippen LogP contribution in [0.25, 0.3) is 0 Å². The van der Waals surface area contributed by atoms with Crippen molar-refractivity contribution in [2.24, 2.45) is 23.7 Å². The summed E-state index contributed by atoms with van der Waals surface area (Å²) in [4.78, 5) is 0. The lowest BCUT2D eigenvalue weighted by atomic mass is 9.80. The van der Waals surface area contributed by atoms with E-state index in [0.717, 1.165) is 23.7 Å². The Morgan fingerprint density at radius 2 is 0.615 bits per heavy atom. The first-order chi connectivity index (χ1) is 11.7. The van der Waals surface area contributed by atoms with Crippen molar-refractivity contribution in [3.8, 4) is 0 Å². The highest BCUT2D eigenvalue weighted by Crippen LogP contribution is 2.35. The normalized spacial score (nSPS) is 14.1. The molecule has 0 nitrogen and oxygen atoms in total. The zero-order valence-corrected chi connectivity index (χ0v) is 20.5. The third kappa shape index (κ3) is 6.14. The van der Waals surface area contributed by atoms with E-state index >= 15 is 0 Å². The van der Waals surface area contributed by atoms with Crippen LogP contribution in [0.1, 0.15) is 114 Å². The fourth-order valence-corrected chi connectivity index (χ4v) is 4.07. The first-order valence-electron chi connectivity index (χ1n) is 10.9. The summed E-state index contributed by atoms with van der Waals surface area (Å²) in [6, 6.07) is 0. The monoisotopic (exact) mass is 360 g/mol. The summed E-state index contributed by atoms with van der Waals surface area (Å²) >= 11 is 0. The molecule has 26 heavy (non-hydrogen) atoms. The molecule has 2 unspecified atom stereocenters. The van der Waals surface area contributed by atoms with Gasteiger partial charge in [-0.25, -0.2) is 0 Å². The minimum absolute atomic E-state index is 0.621. The number of hydrogen-bond donors (Lipinski definition) is 0. The van der Waals surface area contributed by atoms with Gasteiger partial charge in [0, 0.05) is 0 Å². The van der Waals surface area contributed by atoms with E-state index < -0.39 is 0 Å². The number of rotatable bonds is 5. The van der Waals surface area contributed by atoms with Gasteiger partial charge >= 0.3 is 0 Å². The van der Waals surface area contributed by atoms with Gasteiger partial charge in [0.25, 0.3) is 0 Å². The Labute approximate surface area is 166 Å². The molecule has 0 saturated carbocycles. The molecule has 0 aliphatic carbocycles. The smallest absolute Gasteiger partial charge is 0.0213 e. The predicted octanol–water partition coefficient (Wildman–Crippen LogP) is 8.74. The second-order valence-corrected chi connectivity index (χ2v) is 9.84. The molecule has 0 spiro atoms. The molecule has 0 N–H and O–H groups in total. The highest BCUT2D eigenvalue weighted by molar-refractivity contribution is 5.52. The Hall–Kier alpha value is -0.780. The maximum absolute atomic E-state index is 2.36. The van der Waals surface area contributed by atoms with Crippen LogP contribution < -0.4 is 0 Å². The van der Waals surface area contributed by atoms with Gasteiger partial charge in [0.1, 0.15) is 0 Å². The number of benzene rings is 1. The second-order valence-electron chi connectivity index (χ2n) is 9.84. The van der Waals surface area contributed by atoms with Crippen molar-refractivity contribution in [1.82, 2.24) is 0 Å². The predicted molar refractivity (Wildman–Crippen MR) is 122 cm³/mol. The van der Waals surface area contributed by atoms with Crippen molar-refractivity contribution in [3.63, 3.8) is 0 Å². The Morgan fingerprint density at radius 1 is 0.385 bits per heavy atom. The SMILES string of the molecule is CC(C)C(C)C(C)C(C)C.Cc1c(C)c(C)c(C(C)C)c(C(C)C)c1C. The average Bonchev–Trinajstić information content (AvgIpc) is 2.54. The Kier molecular flexibility index (Phi) is 10.2. The van der Waals surface area contributed by atoms with E-state index in [1.54, 1.807) is 11.1 Å². The van der Waals surface area contributed by atoms with E-state index in [1.165, 1.54) is 22.3 Å². The summed E-state index contributed by atoms with van der Waals surface area (Å²) in [7, 11) is 0. The van der Waals surface area contributed by atoms with Crippen LogP contribution in [0.5, 0.6) is 0 Å². The maximum Gasteiger partial charge on any atom is -0.0213 e. The van der Waals surface area contributed by atoms with Crippen LogP contribution in [0, 0.1) is 51.4 Å². The molecule has 0 aromatic heterocycles. The molecular formula is C26H48. The van der Waals surface area contributed by atoms with Gasteiger partial charge in [-0.15, -0.1) is 0 Å². The minimum atomic E-state index is 0.621. The molecule has 0 amide bonds. The lowest BCUT2D eigenvalue weighted by molar-refractivity contribution is 0.235. The molecular weight excluding hydrogens is 312 g/mol. The van der Waals surface area contributed by atoms with Crippen LogP contribution in [-0.2, 0) is 0 Å². The molecule has 1 rings (SSSR count). The topological polar surface area (TPSA) is 0 Å². The average molecular weight is 361 g/mol. The Bertz CT molecular complexity index is 507. The van der Waals surface area contributed by atoms with Crippen LogP contribution in [-0.4, -0.2) is 0 Å². The maximum atomic E-state index is 2.36. The van der Waals surface area contributed by atoms with E-state index in [1.807, 2.05) is 0 Å². The van der Waals surface area contributed by atoms with Crippen molar-refractivity contribution < 1.29 is 0 Å². The van der Waals surface area contributed by atoms with Crippen molar-refractivity contribution in [2.75, 3.05) is 0 Å². The molecule has 0 aliphatic rings. The van der Waals surface area contributed by atoms with Crippen LogP contribution >= 0.6 is 0 Å². The summed E-state index contributed by atoms with van der Waals surface area (Å²) in [5, 5.41) is 0. The van der Waals surface area contributed by atoms with Crippen molar-refractivity contribution in [3.05, 3.63) is 33.4 Å². The van der Waals surface area contributed by atoms with Crippen LogP contribution in [0.2, 0.25) is 0 Å². The lowest BCUT2D eigenvalue weighted by Crippen LogP contribution is -2.18. The molecule has 0 bridgehead atoms. The third-order valence-corrected chi connectivity index (χ3v) is 6.87. The van der Waals surface area contributed by atoms with Gasteiger partial charge in [-0.2, -0.15) is 0 Å². The van der Waals surface area contributed by atoms with Crippen LogP contribution in [0.4, 0.5) is 0 Å². The van der Waals surface area contributed by atoms with E-state index in [9.17, 15) is 0 Å². The zero-order chi connectivity index (χ0) is 20.9. The van der Waals surface area contributed by atoms with E-state index in [2.05, 4.69) is 96.9 Å². The van der Waals surface area contributed by atoms with Gasteiger partial charge < -0.3 is 0 Å². The Morgan fingerprint density at radius 3 is 0.769 bits per heavy atom. The van der Waals surface area contributed by atoms with E-state index in [0.29, 0.717) is 11.8 Å². The molecule has 0 fully saturated rings. The molecule has 2 atom stereocenters. The summed E-state index contributed by atoms with van der Waals surface area (Å²) in [6.45, 7) is 32.3. The zero-order valence-electron chi connectivity index (χ0n) is 20.5. The van der Waals surface area contributed by atoms with E-state index in [4.69, 9.17) is 0 Å². The molecule has 0 radical (unpaired) electrons. The fourth-order valence-electron chi connectivity index (χ4n) is 4.07. The van der Waals surface area contributed by atoms with Crippen molar-refractivity contribution in [2.45, 2.75) is 109 Å². The highest BCUT2D eigenvalue weighted by atomic mass is 14.2. The molecule has 1 aromatic carbocycles. The summed E-state index contributed by atoms with van der Waals surface area (Å²) in [5.74, 6) is 4.63. The number of hydrogen-bond acceptors (Lipinski definition) is 0.